The Hall–Kier alpha value is -0.650. The number of anilines is 1. The summed E-state index contributed by atoms with van der Waals surface area (Å²) >= 11 is 11.4. The van der Waals surface area contributed by atoms with Crippen LogP contribution in [-0.2, 0) is 4.74 Å². The second kappa shape index (κ2) is 4.25. The van der Waals surface area contributed by atoms with Gasteiger partial charge in [-0.2, -0.15) is 4.98 Å². The van der Waals surface area contributed by atoms with Crippen molar-refractivity contribution in [3.8, 4) is 0 Å². The second-order valence-electron chi connectivity index (χ2n) is 2.93. The Morgan fingerprint density at radius 3 is 2.93 bits per heavy atom. The van der Waals surface area contributed by atoms with Crippen molar-refractivity contribution in [2.45, 2.75) is 12.5 Å². The zero-order valence-electron chi connectivity index (χ0n) is 7.20. The highest BCUT2D eigenvalue weighted by atomic mass is 35.5. The van der Waals surface area contributed by atoms with Crippen LogP contribution >= 0.6 is 23.2 Å². The van der Waals surface area contributed by atoms with Gasteiger partial charge in [-0.1, -0.05) is 11.6 Å². The van der Waals surface area contributed by atoms with Crippen LogP contribution in [-0.4, -0.2) is 34.4 Å². The first kappa shape index (κ1) is 9.89. The van der Waals surface area contributed by atoms with Crippen molar-refractivity contribution in [3.63, 3.8) is 0 Å². The van der Waals surface area contributed by atoms with Gasteiger partial charge in [0.1, 0.15) is 0 Å². The Labute approximate surface area is 90.8 Å². The summed E-state index contributed by atoms with van der Waals surface area (Å²) in [4.78, 5) is 3.93. The number of hydrogen-bond acceptors (Lipinski definition) is 5. The van der Waals surface area contributed by atoms with Crippen LogP contribution in [0.5, 0.6) is 0 Å². The summed E-state index contributed by atoms with van der Waals surface area (Å²) in [6.07, 6.45) is 0.929. The molecule has 1 aromatic heterocycles. The minimum absolute atomic E-state index is 0.0795. The zero-order chi connectivity index (χ0) is 9.97. The molecule has 0 aromatic carbocycles. The molecule has 0 spiro atoms. The molecule has 0 aliphatic carbocycles. The van der Waals surface area contributed by atoms with Crippen LogP contribution in [0.15, 0.2) is 0 Å². The number of aromatic nitrogens is 3. The quantitative estimate of drug-likeness (QED) is 0.838. The molecule has 1 aromatic rings. The van der Waals surface area contributed by atoms with E-state index in [2.05, 4.69) is 20.5 Å². The van der Waals surface area contributed by atoms with Crippen molar-refractivity contribution in [3.05, 3.63) is 10.4 Å². The summed E-state index contributed by atoms with van der Waals surface area (Å²) < 4.78 is 5.20. The number of rotatable bonds is 2. The predicted molar refractivity (Wildman–Crippen MR) is 52.7 cm³/mol. The van der Waals surface area contributed by atoms with Crippen LogP contribution in [0, 0.1) is 0 Å². The zero-order valence-corrected chi connectivity index (χ0v) is 8.72. The Bertz CT molecular complexity index is 329. The molecule has 14 heavy (non-hydrogen) atoms. The lowest BCUT2D eigenvalue weighted by atomic mass is 10.3. The van der Waals surface area contributed by atoms with E-state index in [0.29, 0.717) is 12.4 Å². The van der Waals surface area contributed by atoms with E-state index in [1.807, 2.05) is 0 Å². The van der Waals surface area contributed by atoms with Gasteiger partial charge in [0.15, 0.2) is 11.0 Å². The van der Waals surface area contributed by atoms with E-state index in [4.69, 9.17) is 27.9 Å². The lowest BCUT2D eigenvalue weighted by Gasteiger charge is -2.11. The molecule has 2 heterocycles. The maximum Gasteiger partial charge on any atom is 0.245 e. The molecule has 1 atom stereocenters. The molecular weight excluding hydrogens is 227 g/mol. The summed E-state index contributed by atoms with van der Waals surface area (Å²) in [5.41, 5.74) is 0. The molecular formula is C7H8Cl2N4O. The molecule has 7 heteroatoms. The highest BCUT2D eigenvalue weighted by Crippen LogP contribution is 2.19. The summed E-state index contributed by atoms with van der Waals surface area (Å²) in [5, 5.41) is 10.6. The monoisotopic (exact) mass is 234 g/mol. The molecule has 76 valence electrons. The molecule has 1 N–H and O–H groups in total. The van der Waals surface area contributed by atoms with Gasteiger partial charge in [0.05, 0.1) is 12.6 Å². The molecule has 0 bridgehead atoms. The summed E-state index contributed by atoms with van der Waals surface area (Å²) in [6.45, 7) is 1.40. The molecule has 5 nitrogen and oxygen atoms in total. The van der Waals surface area contributed by atoms with Gasteiger partial charge < -0.3 is 10.1 Å². The third-order valence-corrected chi connectivity index (χ3v) is 2.31. The number of halogens is 2. The van der Waals surface area contributed by atoms with E-state index in [0.717, 1.165) is 13.0 Å². The van der Waals surface area contributed by atoms with Gasteiger partial charge in [-0.25, -0.2) is 0 Å². The van der Waals surface area contributed by atoms with Crippen LogP contribution in [0.1, 0.15) is 6.42 Å². The minimum Gasteiger partial charge on any atom is -0.379 e. The first-order chi connectivity index (χ1) is 6.75. The van der Waals surface area contributed by atoms with E-state index >= 15 is 0 Å². The molecule has 1 fully saturated rings. The summed E-state index contributed by atoms with van der Waals surface area (Å²) in [5.74, 6) is 0.460. The van der Waals surface area contributed by atoms with Gasteiger partial charge in [0, 0.05) is 6.61 Å². The fraction of sp³-hybridized carbons (Fsp3) is 0.571. The Morgan fingerprint density at radius 1 is 1.36 bits per heavy atom. The summed E-state index contributed by atoms with van der Waals surface area (Å²) in [6, 6.07) is 0.222. The Balaban J connectivity index is 2.10. The molecule has 1 aliphatic rings. The van der Waals surface area contributed by atoms with Crippen molar-refractivity contribution in [2.24, 2.45) is 0 Å². The Morgan fingerprint density at radius 2 is 2.21 bits per heavy atom. The topological polar surface area (TPSA) is 59.9 Å². The average molecular weight is 235 g/mol. The third-order valence-electron chi connectivity index (χ3n) is 1.89. The first-order valence-corrected chi connectivity index (χ1v) is 4.91. The fourth-order valence-electron chi connectivity index (χ4n) is 1.23. The van der Waals surface area contributed by atoms with E-state index in [1.54, 1.807) is 0 Å². The van der Waals surface area contributed by atoms with Crippen molar-refractivity contribution in [1.29, 1.82) is 0 Å². The smallest absolute Gasteiger partial charge is 0.245 e. The van der Waals surface area contributed by atoms with Crippen molar-refractivity contribution in [1.82, 2.24) is 15.2 Å². The highest BCUT2D eigenvalue weighted by molar-refractivity contribution is 6.32. The maximum absolute atomic E-state index is 5.78. The second-order valence-corrected chi connectivity index (χ2v) is 3.62. The minimum atomic E-state index is 0.0795. The van der Waals surface area contributed by atoms with Gasteiger partial charge in [-0.15, -0.1) is 10.2 Å². The molecule has 0 amide bonds. The van der Waals surface area contributed by atoms with Crippen LogP contribution < -0.4 is 5.32 Å². The maximum atomic E-state index is 5.78. The predicted octanol–water partition coefficient (Wildman–Crippen LogP) is 1.38. The number of ether oxygens (including phenoxy) is 1. The molecule has 1 aliphatic heterocycles. The summed E-state index contributed by atoms with van der Waals surface area (Å²) in [7, 11) is 0. The molecule has 1 saturated heterocycles. The average Bonchev–Trinajstić information content (AvgIpc) is 2.64. The van der Waals surface area contributed by atoms with E-state index in [9.17, 15) is 0 Å². The lowest BCUT2D eigenvalue weighted by Crippen LogP contribution is -2.20. The molecule has 1 unspecified atom stereocenters. The van der Waals surface area contributed by atoms with Gasteiger partial charge in [0.2, 0.25) is 5.28 Å². The van der Waals surface area contributed by atoms with Crippen LogP contribution in [0.2, 0.25) is 10.4 Å². The van der Waals surface area contributed by atoms with E-state index < -0.39 is 0 Å². The Kier molecular flexibility index (Phi) is 3.00. The van der Waals surface area contributed by atoms with Crippen LogP contribution in [0.3, 0.4) is 0 Å². The standard InChI is InChI=1S/C7H8Cl2N4O/c8-5-6(11-7(9)13-12-5)10-4-1-2-14-3-4/h4H,1-3H2,(H,10,11,13). The van der Waals surface area contributed by atoms with Crippen molar-refractivity contribution in [2.75, 3.05) is 18.5 Å². The number of hydrogen-bond donors (Lipinski definition) is 1. The van der Waals surface area contributed by atoms with Gasteiger partial charge >= 0.3 is 0 Å². The first-order valence-electron chi connectivity index (χ1n) is 4.15. The molecule has 0 saturated carbocycles. The third kappa shape index (κ3) is 2.23. The van der Waals surface area contributed by atoms with Crippen molar-refractivity contribution >= 4 is 29.0 Å². The van der Waals surface area contributed by atoms with E-state index in [1.165, 1.54) is 0 Å². The van der Waals surface area contributed by atoms with Crippen molar-refractivity contribution < 1.29 is 4.74 Å². The lowest BCUT2D eigenvalue weighted by molar-refractivity contribution is 0.195. The van der Waals surface area contributed by atoms with Gasteiger partial charge in [-0.05, 0) is 18.0 Å². The fourth-order valence-corrected chi connectivity index (χ4v) is 1.48. The van der Waals surface area contributed by atoms with Crippen LogP contribution in [0.25, 0.3) is 0 Å². The molecule has 0 radical (unpaired) electrons. The SMILES string of the molecule is Clc1nnc(Cl)c(NC2CCOC2)n1. The normalized spacial score (nSPS) is 21.1. The highest BCUT2D eigenvalue weighted by Gasteiger charge is 2.17. The number of nitrogens with one attached hydrogen (secondary N) is 1. The van der Waals surface area contributed by atoms with E-state index in [-0.39, 0.29) is 16.5 Å². The van der Waals surface area contributed by atoms with Gasteiger partial charge in [-0.3, -0.25) is 0 Å². The van der Waals surface area contributed by atoms with Gasteiger partial charge in [0.25, 0.3) is 0 Å². The number of nitrogens with zero attached hydrogens (tertiary/aromatic N) is 3. The largest absolute Gasteiger partial charge is 0.379 e. The van der Waals surface area contributed by atoms with Crippen LogP contribution in [0.4, 0.5) is 5.82 Å². The molecule has 2 rings (SSSR count).